The Balaban J connectivity index is 1.71. The molecule has 0 fully saturated rings. The van der Waals surface area contributed by atoms with Gasteiger partial charge in [0.1, 0.15) is 6.10 Å². The lowest BCUT2D eigenvalue weighted by Gasteiger charge is -2.29. The molecule has 1 atom stereocenters. The molecule has 7 heteroatoms. The number of nitrogens with zero attached hydrogens (tertiary/aromatic N) is 2. The first-order valence-corrected chi connectivity index (χ1v) is 7.89. The highest BCUT2D eigenvalue weighted by Crippen LogP contribution is 2.21. The zero-order valence-corrected chi connectivity index (χ0v) is 13.5. The number of fused-ring (bicyclic) bond motifs is 1. The number of H-pyrrole nitrogens is 1. The quantitative estimate of drug-likeness (QED) is 0.750. The van der Waals surface area contributed by atoms with Crippen molar-refractivity contribution in [2.24, 2.45) is 0 Å². The molecule has 0 spiro atoms. The van der Waals surface area contributed by atoms with E-state index in [0.717, 1.165) is 16.8 Å². The smallest absolute Gasteiger partial charge is 0.271 e. The molecule has 24 heavy (non-hydrogen) atoms. The molecule has 2 heterocycles. The van der Waals surface area contributed by atoms with Gasteiger partial charge in [0.05, 0.1) is 0 Å². The average molecular weight is 328 g/mol. The minimum atomic E-state index is -1.09. The Hall–Kier alpha value is -2.67. The standard InChI is InChI=1S/C17H20N4O3/c1-18-16(23)15-12-10-21(8-7-13(12)19-20-15)17(24)14(22)9-11-5-3-2-4-6-11/h2-6,14,22H,7-10H2,1H3,(H,18,23)(H,19,20)/t14-/m0/s1. The molecule has 0 radical (unpaired) electrons. The van der Waals surface area contributed by atoms with Crippen LogP contribution in [0.2, 0.25) is 0 Å². The number of aliphatic hydroxyl groups is 1. The van der Waals surface area contributed by atoms with Gasteiger partial charge in [0.15, 0.2) is 5.69 Å². The number of benzene rings is 1. The van der Waals surface area contributed by atoms with Crippen LogP contribution in [-0.4, -0.2) is 51.7 Å². The first-order chi connectivity index (χ1) is 11.6. The number of aliphatic hydroxyl groups excluding tert-OH is 1. The number of carbonyl (C=O) groups excluding carboxylic acids is 2. The SMILES string of the molecule is CNC(=O)c1n[nH]c2c1CN(C(=O)[C@@H](O)Cc1ccccc1)CC2. The van der Waals surface area contributed by atoms with Gasteiger partial charge in [0.25, 0.3) is 11.8 Å². The molecule has 2 aromatic rings. The molecule has 0 aliphatic carbocycles. The topological polar surface area (TPSA) is 98.3 Å². The van der Waals surface area contributed by atoms with E-state index in [2.05, 4.69) is 15.5 Å². The van der Waals surface area contributed by atoms with E-state index in [4.69, 9.17) is 0 Å². The molecule has 1 aromatic heterocycles. The largest absolute Gasteiger partial charge is 0.383 e. The minimum absolute atomic E-state index is 0.275. The number of aromatic amines is 1. The predicted molar refractivity (Wildman–Crippen MR) is 87.3 cm³/mol. The van der Waals surface area contributed by atoms with Crippen LogP contribution in [0, 0.1) is 0 Å². The predicted octanol–water partition coefficient (Wildman–Crippen LogP) is 0.258. The summed E-state index contributed by atoms with van der Waals surface area (Å²) in [6.07, 6.45) is -0.232. The maximum absolute atomic E-state index is 12.5. The van der Waals surface area contributed by atoms with Gasteiger partial charge < -0.3 is 15.3 Å². The van der Waals surface area contributed by atoms with Crippen molar-refractivity contribution in [1.29, 1.82) is 0 Å². The lowest BCUT2D eigenvalue weighted by Crippen LogP contribution is -2.43. The summed E-state index contributed by atoms with van der Waals surface area (Å²) in [6, 6.07) is 9.40. The number of aromatic nitrogens is 2. The molecule has 0 saturated heterocycles. The molecular weight excluding hydrogens is 308 g/mol. The molecule has 7 nitrogen and oxygen atoms in total. The number of rotatable bonds is 4. The van der Waals surface area contributed by atoms with E-state index in [1.54, 1.807) is 11.9 Å². The fraction of sp³-hybridized carbons (Fsp3) is 0.353. The van der Waals surface area contributed by atoms with Gasteiger partial charge in [0, 0.05) is 44.2 Å². The number of amides is 2. The molecule has 0 bridgehead atoms. The summed E-state index contributed by atoms with van der Waals surface area (Å²) < 4.78 is 0. The van der Waals surface area contributed by atoms with Crippen molar-refractivity contribution >= 4 is 11.8 Å². The first kappa shape index (κ1) is 16.2. The molecule has 2 amide bonds. The van der Waals surface area contributed by atoms with Crippen LogP contribution in [0.25, 0.3) is 0 Å². The minimum Gasteiger partial charge on any atom is -0.383 e. The van der Waals surface area contributed by atoms with Crippen LogP contribution in [0.4, 0.5) is 0 Å². The van der Waals surface area contributed by atoms with E-state index in [9.17, 15) is 14.7 Å². The number of nitrogens with one attached hydrogen (secondary N) is 2. The Labute approximate surface area is 139 Å². The van der Waals surface area contributed by atoms with Gasteiger partial charge in [0.2, 0.25) is 0 Å². The second-order valence-corrected chi connectivity index (χ2v) is 5.82. The molecular formula is C17H20N4O3. The number of hydrogen-bond acceptors (Lipinski definition) is 4. The number of carbonyl (C=O) groups is 2. The van der Waals surface area contributed by atoms with Gasteiger partial charge in [-0.15, -0.1) is 0 Å². The summed E-state index contributed by atoms with van der Waals surface area (Å²) in [4.78, 5) is 26.0. The summed E-state index contributed by atoms with van der Waals surface area (Å²) in [5.41, 5.74) is 2.81. The fourth-order valence-corrected chi connectivity index (χ4v) is 2.92. The van der Waals surface area contributed by atoms with Crippen molar-refractivity contribution in [3.05, 3.63) is 52.8 Å². The summed E-state index contributed by atoms with van der Waals surface area (Å²) in [5.74, 6) is -0.611. The lowest BCUT2D eigenvalue weighted by molar-refractivity contribution is -0.141. The lowest BCUT2D eigenvalue weighted by atomic mass is 10.0. The highest BCUT2D eigenvalue weighted by atomic mass is 16.3. The molecule has 0 unspecified atom stereocenters. The van der Waals surface area contributed by atoms with E-state index in [1.165, 1.54) is 0 Å². The summed E-state index contributed by atoms with van der Waals surface area (Å²) in [7, 11) is 1.54. The molecule has 1 aliphatic heterocycles. The van der Waals surface area contributed by atoms with E-state index in [0.29, 0.717) is 18.7 Å². The maximum Gasteiger partial charge on any atom is 0.271 e. The highest BCUT2D eigenvalue weighted by molar-refractivity contribution is 5.94. The van der Waals surface area contributed by atoms with Crippen molar-refractivity contribution in [3.63, 3.8) is 0 Å². The Morgan fingerprint density at radius 2 is 2.12 bits per heavy atom. The number of hydrogen-bond donors (Lipinski definition) is 3. The fourth-order valence-electron chi connectivity index (χ4n) is 2.92. The van der Waals surface area contributed by atoms with Crippen LogP contribution < -0.4 is 5.32 Å². The zero-order valence-electron chi connectivity index (χ0n) is 13.5. The van der Waals surface area contributed by atoms with Gasteiger partial charge in [-0.3, -0.25) is 14.7 Å². The molecule has 126 valence electrons. The van der Waals surface area contributed by atoms with Crippen LogP contribution in [0.15, 0.2) is 30.3 Å². The Kier molecular flexibility index (Phi) is 4.61. The summed E-state index contributed by atoms with van der Waals surface area (Å²) in [6.45, 7) is 0.770. The van der Waals surface area contributed by atoms with E-state index >= 15 is 0 Å². The van der Waals surface area contributed by atoms with Crippen molar-refractivity contribution in [1.82, 2.24) is 20.4 Å². The van der Waals surface area contributed by atoms with Crippen LogP contribution in [0.1, 0.15) is 27.3 Å². The van der Waals surface area contributed by atoms with E-state index in [-0.39, 0.29) is 24.8 Å². The third-order valence-electron chi connectivity index (χ3n) is 4.24. The van der Waals surface area contributed by atoms with Crippen molar-refractivity contribution in [3.8, 4) is 0 Å². The van der Waals surface area contributed by atoms with Crippen LogP contribution in [-0.2, 0) is 24.2 Å². The maximum atomic E-state index is 12.5. The third kappa shape index (κ3) is 3.16. The highest BCUT2D eigenvalue weighted by Gasteiger charge is 2.30. The molecule has 1 aliphatic rings. The summed E-state index contributed by atoms with van der Waals surface area (Å²) in [5, 5.41) is 19.7. The summed E-state index contributed by atoms with van der Waals surface area (Å²) >= 11 is 0. The van der Waals surface area contributed by atoms with Crippen LogP contribution >= 0.6 is 0 Å². The van der Waals surface area contributed by atoms with Crippen molar-refractivity contribution in [2.45, 2.75) is 25.5 Å². The first-order valence-electron chi connectivity index (χ1n) is 7.89. The Bertz CT molecular complexity index is 742. The van der Waals surface area contributed by atoms with Gasteiger partial charge in [-0.1, -0.05) is 30.3 Å². The Morgan fingerprint density at radius 3 is 2.83 bits per heavy atom. The van der Waals surface area contributed by atoms with Gasteiger partial charge in [-0.2, -0.15) is 5.10 Å². The normalized spacial score (nSPS) is 14.8. The van der Waals surface area contributed by atoms with Gasteiger partial charge >= 0.3 is 0 Å². The average Bonchev–Trinajstić information content (AvgIpc) is 3.04. The van der Waals surface area contributed by atoms with Gasteiger partial charge in [-0.25, -0.2) is 0 Å². The molecule has 0 saturated carbocycles. The van der Waals surface area contributed by atoms with E-state index in [1.807, 2.05) is 30.3 Å². The Morgan fingerprint density at radius 1 is 1.38 bits per heavy atom. The molecule has 3 rings (SSSR count). The van der Waals surface area contributed by atoms with E-state index < -0.39 is 6.10 Å². The molecule has 1 aromatic carbocycles. The molecule has 3 N–H and O–H groups in total. The third-order valence-corrected chi connectivity index (χ3v) is 4.24. The van der Waals surface area contributed by atoms with Crippen LogP contribution in [0.5, 0.6) is 0 Å². The zero-order chi connectivity index (χ0) is 17.1. The van der Waals surface area contributed by atoms with Crippen LogP contribution in [0.3, 0.4) is 0 Å². The van der Waals surface area contributed by atoms with Crippen molar-refractivity contribution < 1.29 is 14.7 Å². The van der Waals surface area contributed by atoms with Crippen molar-refractivity contribution in [2.75, 3.05) is 13.6 Å². The van der Waals surface area contributed by atoms with Gasteiger partial charge in [-0.05, 0) is 5.56 Å². The second kappa shape index (κ2) is 6.84. The monoisotopic (exact) mass is 328 g/mol. The second-order valence-electron chi connectivity index (χ2n) is 5.82.